The van der Waals surface area contributed by atoms with Gasteiger partial charge in [0.1, 0.15) is 0 Å². The highest BCUT2D eigenvalue weighted by atomic mass is 32.1. The Bertz CT molecular complexity index is 888. The third-order valence-corrected chi connectivity index (χ3v) is 3.93. The first-order chi connectivity index (χ1) is 11.1. The highest BCUT2D eigenvalue weighted by molar-refractivity contribution is 7.71. The van der Waals surface area contributed by atoms with E-state index in [1.807, 2.05) is 46.8 Å². The van der Waals surface area contributed by atoms with E-state index in [0.717, 1.165) is 16.7 Å². The minimum atomic E-state index is -0.358. The molecule has 0 spiro atoms. The molecule has 0 N–H and O–H groups in total. The SMILES string of the molecule is COc1ccc(CN(C)Cn2c(=S)oc3ccccc32)cc1F. The summed E-state index contributed by atoms with van der Waals surface area (Å²) in [5.74, 6) is -0.108. The lowest BCUT2D eigenvalue weighted by molar-refractivity contribution is 0.256. The van der Waals surface area contributed by atoms with Crippen LogP contribution in [0.2, 0.25) is 0 Å². The second kappa shape index (κ2) is 6.52. The van der Waals surface area contributed by atoms with Gasteiger partial charge in [-0.25, -0.2) is 4.39 Å². The average molecular weight is 332 g/mol. The average Bonchev–Trinajstić information content (AvgIpc) is 2.83. The Morgan fingerprint density at radius 1 is 1.26 bits per heavy atom. The van der Waals surface area contributed by atoms with Crippen LogP contribution in [0.3, 0.4) is 0 Å². The Morgan fingerprint density at radius 2 is 2.04 bits per heavy atom. The van der Waals surface area contributed by atoms with Crippen LogP contribution in [0.4, 0.5) is 4.39 Å². The van der Waals surface area contributed by atoms with Gasteiger partial charge < -0.3 is 9.15 Å². The molecular weight excluding hydrogens is 315 g/mol. The summed E-state index contributed by atoms with van der Waals surface area (Å²) in [6, 6.07) is 12.7. The first kappa shape index (κ1) is 15.7. The van der Waals surface area contributed by atoms with Gasteiger partial charge in [-0.1, -0.05) is 18.2 Å². The van der Waals surface area contributed by atoms with Gasteiger partial charge in [0.15, 0.2) is 17.1 Å². The van der Waals surface area contributed by atoms with Crippen molar-refractivity contribution in [2.45, 2.75) is 13.2 Å². The molecule has 3 rings (SSSR count). The molecule has 23 heavy (non-hydrogen) atoms. The Labute approximate surface area is 138 Å². The molecule has 0 radical (unpaired) electrons. The van der Waals surface area contributed by atoms with E-state index in [2.05, 4.69) is 0 Å². The summed E-state index contributed by atoms with van der Waals surface area (Å²) in [7, 11) is 3.40. The number of nitrogens with zero attached hydrogens (tertiary/aromatic N) is 2. The summed E-state index contributed by atoms with van der Waals surface area (Å²) in [4.78, 5) is 2.47. The van der Waals surface area contributed by atoms with Crippen LogP contribution in [0.1, 0.15) is 5.56 Å². The minimum absolute atomic E-state index is 0.249. The zero-order valence-electron chi connectivity index (χ0n) is 13.0. The summed E-state index contributed by atoms with van der Waals surface area (Å²) in [6.07, 6.45) is 0. The van der Waals surface area contributed by atoms with Gasteiger partial charge in [0, 0.05) is 6.54 Å². The molecule has 0 aliphatic heterocycles. The largest absolute Gasteiger partial charge is 0.494 e. The fourth-order valence-electron chi connectivity index (χ4n) is 2.56. The van der Waals surface area contributed by atoms with Crippen LogP contribution in [-0.4, -0.2) is 23.6 Å². The number of fused-ring (bicyclic) bond motifs is 1. The summed E-state index contributed by atoms with van der Waals surface area (Å²) in [5, 5.41) is 0. The maximum Gasteiger partial charge on any atom is 0.270 e. The van der Waals surface area contributed by atoms with E-state index in [-0.39, 0.29) is 11.6 Å². The Kier molecular flexibility index (Phi) is 4.45. The van der Waals surface area contributed by atoms with Crippen LogP contribution >= 0.6 is 12.2 Å². The second-order valence-electron chi connectivity index (χ2n) is 5.39. The number of methoxy groups -OCH3 is 1. The number of benzene rings is 2. The molecule has 0 unspecified atom stereocenters. The van der Waals surface area contributed by atoms with E-state index >= 15 is 0 Å². The molecule has 0 atom stereocenters. The first-order valence-electron chi connectivity index (χ1n) is 7.18. The fraction of sp³-hybridized carbons (Fsp3) is 0.235. The van der Waals surface area contributed by atoms with E-state index in [1.54, 1.807) is 6.07 Å². The normalized spacial score (nSPS) is 11.3. The number of rotatable bonds is 5. The van der Waals surface area contributed by atoms with Crippen molar-refractivity contribution in [1.29, 1.82) is 0 Å². The molecule has 1 heterocycles. The van der Waals surface area contributed by atoms with Crippen molar-refractivity contribution in [3.8, 4) is 5.75 Å². The quantitative estimate of drug-likeness (QED) is 0.655. The molecule has 1 aromatic heterocycles. The molecule has 0 saturated heterocycles. The van der Waals surface area contributed by atoms with Crippen molar-refractivity contribution >= 4 is 23.3 Å². The number of aromatic nitrogens is 1. The van der Waals surface area contributed by atoms with Gasteiger partial charge in [-0.05, 0) is 49.1 Å². The fourth-order valence-corrected chi connectivity index (χ4v) is 2.81. The van der Waals surface area contributed by atoms with Crippen molar-refractivity contribution in [2.75, 3.05) is 14.2 Å². The highest BCUT2D eigenvalue weighted by Crippen LogP contribution is 2.20. The van der Waals surface area contributed by atoms with Gasteiger partial charge in [0.2, 0.25) is 0 Å². The zero-order chi connectivity index (χ0) is 16.4. The summed E-state index contributed by atoms with van der Waals surface area (Å²) < 4.78 is 26.2. The van der Waals surface area contributed by atoms with Gasteiger partial charge in [-0.15, -0.1) is 0 Å². The number of para-hydroxylation sites is 2. The standard InChI is InChI=1S/C17H17FN2O2S/c1-19(10-12-7-8-15(21-2)13(18)9-12)11-20-14-5-3-4-6-16(14)22-17(20)23/h3-9H,10-11H2,1-2H3. The number of ether oxygens (including phenoxy) is 1. The Balaban J connectivity index is 1.79. The van der Waals surface area contributed by atoms with Crippen molar-refractivity contribution in [1.82, 2.24) is 9.47 Å². The van der Waals surface area contributed by atoms with E-state index in [9.17, 15) is 4.39 Å². The zero-order valence-corrected chi connectivity index (χ0v) is 13.8. The molecule has 0 amide bonds. The second-order valence-corrected chi connectivity index (χ2v) is 5.74. The van der Waals surface area contributed by atoms with Gasteiger partial charge in [-0.3, -0.25) is 9.47 Å². The number of hydrogen-bond donors (Lipinski definition) is 0. The summed E-state index contributed by atoms with van der Waals surface area (Å²) >= 11 is 5.28. The lowest BCUT2D eigenvalue weighted by atomic mass is 10.2. The number of oxazole rings is 1. The molecule has 0 saturated carbocycles. The molecule has 0 aliphatic carbocycles. The lowest BCUT2D eigenvalue weighted by Crippen LogP contribution is -2.21. The maximum absolute atomic E-state index is 13.8. The van der Waals surface area contributed by atoms with Crippen molar-refractivity contribution in [3.05, 3.63) is 58.7 Å². The monoisotopic (exact) mass is 332 g/mol. The van der Waals surface area contributed by atoms with Crippen LogP contribution in [0.5, 0.6) is 5.75 Å². The molecule has 0 bridgehead atoms. The van der Waals surface area contributed by atoms with E-state index in [1.165, 1.54) is 13.2 Å². The van der Waals surface area contributed by atoms with Gasteiger partial charge in [-0.2, -0.15) is 0 Å². The third kappa shape index (κ3) is 3.28. The van der Waals surface area contributed by atoms with Gasteiger partial charge >= 0.3 is 0 Å². The maximum atomic E-state index is 13.8. The third-order valence-electron chi connectivity index (χ3n) is 3.63. The van der Waals surface area contributed by atoms with Gasteiger partial charge in [0.25, 0.3) is 4.84 Å². The topological polar surface area (TPSA) is 30.5 Å². The summed E-state index contributed by atoms with van der Waals surface area (Å²) in [6.45, 7) is 1.14. The molecule has 6 heteroatoms. The van der Waals surface area contributed by atoms with E-state index in [4.69, 9.17) is 21.4 Å². The van der Waals surface area contributed by atoms with Crippen molar-refractivity contribution in [2.24, 2.45) is 0 Å². The molecule has 0 aliphatic rings. The number of hydrogen-bond acceptors (Lipinski definition) is 4. The predicted octanol–water partition coefficient (Wildman–Crippen LogP) is 4.20. The number of halogens is 1. The smallest absolute Gasteiger partial charge is 0.270 e. The molecule has 4 nitrogen and oxygen atoms in total. The van der Waals surface area contributed by atoms with E-state index in [0.29, 0.717) is 18.1 Å². The first-order valence-corrected chi connectivity index (χ1v) is 7.58. The van der Waals surface area contributed by atoms with Crippen LogP contribution in [0, 0.1) is 10.7 Å². The molecule has 120 valence electrons. The molecule has 0 fully saturated rings. The van der Waals surface area contributed by atoms with Crippen LogP contribution in [0.25, 0.3) is 11.1 Å². The Morgan fingerprint density at radius 3 is 2.78 bits per heavy atom. The summed E-state index contributed by atoms with van der Waals surface area (Å²) in [5.41, 5.74) is 2.58. The van der Waals surface area contributed by atoms with E-state index < -0.39 is 0 Å². The van der Waals surface area contributed by atoms with Gasteiger partial charge in [0.05, 0.1) is 19.3 Å². The van der Waals surface area contributed by atoms with Crippen LogP contribution < -0.4 is 4.74 Å². The Hall–Kier alpha value is -2.18. The minimum Gasteiger partial charge on any atom is -0.494 e. The lowest BCUT2D eigenvalue weighted by Gasteiger charge is -2.18. The predicted molar refractivity (Wildman–Crippen MR) is 89.5 cm³/mol. The highest BCUT2D eigenvalue weighted by Gasteiger charge is 2.10. The van der Waals surface area contributed by atoms with Crippen molar-refractivity contribution < 1.29 is 13.5 Å². The van der Waals surface area contributed by atoms with Crippen LogP contribution in [-0.2, 0) is 13.2 Å². The molecular formula is C17H17FN2O2S. The molecule has 2 aromatic carbocycles. The van der Waals surface area contributed by atoms with Crippen molar-refractivity contribution in [3.63, 3.8) is 0 Å². The molecule has 3 aromatic rings. The van der Waals surface area contributed by atoms with Crippen LogP contribution in [0.15, 0.2) is 46.9 Å².